The Balaban J connectivity index is 2.30. The van der Waals surface area contributed by atoms with Gasteiger partial charge in [0.2, 0.25) is 0 Å². The third-order valence-electron chi connectivity index (χ3n) is 2.48. The summed E-state index contributed by atoms with van der Waals surface area (Å²) in [5.41, 5.74) is 0. The maximum absolute atomic E-state index is 11.6. The Morgan fingerprint density at radius 2 is 1.88 bits per heavy atom. The van der Waals surface area contributed by atoms with Crippen molar-refractivity contribution in [2.45, 2.75) is 13.8 Å². The molecule has 0 bridgehead atoms. The molecule has 0 unspecified atom stereocenters. The molecule has 0 aromatic heterocycles. The summed E-state index contributed by atoms with van der Waals surface area (Å²) in [6.07, 6.45) is 0. The molecule has 0 aromatic rings. The Kier molecular flexibility index (Phi) is 6.31. The van der Waals surface area contributed by atoms with Crippen LogP contribution in [0.4, 0.5) is 0 Å². The van der Waals surface area contributed by atoms with E-state index in [4.69, 9.17) is 4.74 Å². The predicted octanol–water partition coefficient (Wildman–Crippen LogP) is -0.134. The van der Waals surface area contributed by atoms with E-state index in [2.05, 4.69) is 4.72 Å². The van der Waals surface area contributed by atoms with Crippen molar-refractivity contribution in [3.63, 3.8) is 0 Å². The lowest BCUT2D eigenvalue weighted by molar-refractivity contribution is -0.144. The number of amides is 2. The molecule has 0 saturated carbocycles. The summed E-state index contributed by atoms with van der Waals surface area (Å²) in [6, 6.07) is 0. The first kappa shape index (κ1) is 14.3. The largest absolute Gasteiger partial charge is 0.379 e. The minimum absolute atomic E-state index is 0.476. The van der Waals surface area contributed by atoms with Crippen LogP contribution in [0.3, 0.4) is 0 Å². The smallest absolute Gasteiger partial charge is 0.320 e. The minimum atomic E-state index is -0.565. The molecule has 1 rings (SSSR count). The van der Waals surface area contributed by atoms with Crippen molar-refractivity contribution in [3.8, 4) is 0 Å². The molecule has 1 heterocycles. The molecule has 1 aliphatic heterocycles. The van der Waals surface area contributed by atoms with Crippen LogP contribution in [0.15, 0.2) is 0 Å². The summed E-state index contributed by atoms with van der Waals surface area (Å²) in [5, 5.41) is 0. The normalized spacial score (nSPS) is 16.6. The highest BCUT2D eigenvalue weighted by Gasteiger charge is 2.20. The molecule has 17 heavy (non-hydrogen) atoms. The van der Waals surface area contributed by atoms with Crippen LogP contribution >= 0.6 is 12.1 Å². The predicted molar refractivity (Wildman–Crippen MR) is 66.1 cm³/mol. The summed E-state index contributed by atoms with van der Waals surface area (Å²) >= 11 is 1.18. The molecule has 1 aliphatic rings. The quantitative estimate of drug-likeness (QED) is 0.564. The number of hydrogen-bond acceptors (Lipinski definition) is 5. The molecule has 0 aromatic carbocycles. The van der Waals surface area contributed by atoms with Gasteiger partial charge in [-0.15, -0.1) is 0 Å². The highest BCUT2D eigenvalue weighted by Crippen LogP contribution is 2.08. The fourth-order valence-corrected chi connectivity index (χ4v) is 2.07. The van der Waals surface area contributed by atoms with Gasteiger partial charge in [-0.3, -0.25) is 14.3 Å². The van der Waals surface area contributed by atoms with Gasteiger partial charge in [0, 0.05) is 38.3 Å². The SMILES string of the molecule is CCN(CC)C(=O)C(=O)NSN1CCOCC1. The van der Waals surface area contributed by atoms with Gasteiger partial charge in [-0.2, -0.15) is 0 Å². The Labute approximate surface area is 106 Å². The van der Waals surface area contributed by atoms with Crippen molar-refractivity contribution in [1.82, 2.24) is 13.9 Å². The fraction of sp³-hybridized carbons (Fsp3) is 0.800. The zero-order valence-electron chi connectivity index (χ0n) is 10.3. The zero-order chi connectivity index (χ0) is 12.7. The van der Waals surface area contributed by atoms with Gasteiger partial charge < -0.3 is 9.64 Å². The second-order valence-corrected chi connectivity index (χ2v) is 4.44. The standard InChI is InChI=1S/C10H19N3O3S/c1-3-12(4-2)10(15)9(14)11-17-13-5-7-16-8-6-13/h3-8H2,1-2H3,(H,11,14). The summed E-state index contributed by atoms with van der Waals surface area (Å²) in [5.74, 6) is -1.04. The number of nitrogens with one attached hydrogen (secondary N) is 1. The first-order chi connectivity index (χ1) is 8.19. The summed E-state index contributed by atoms with van der Waals surface area (Å²) in [4.78, 5) is 24.7. The van der Waals surface area contributed by atoms with Crippen LogP contribution in [-0.4, -0.2) is 60.4 Å². The Hall–Kier alpha value is -0.790. The van der Waals surface area contributed by atoms with E-state index in [-0.39, 0.29) is 0 Å². The van der Waals surface area contributed by atoms with E-state index in [0.717, 1.165) is 13.1 Å². The third kappa shape index (κ3) is 4.53. The maximum Gasteiger partial charge on any atom is 0.320 e. The third-order valence-corrected chi connectivity index (χ3v) is 3.38. The van der Waals surface area contributed by atoms with Crippen molar-refractivity contribution in [3.05, 3.63) is 0 Å². The first-order valence-corrected chi connectivity index (χ1v) is 6.55. The summed E-state index contributed by atoms with van der Waals surface area (Å²) in [7, 11) is 0. The second kappa shape index (κ2) is 7.52. The van der Waals surface area contributed by atoms with E-state index in [1.54, 1.807) is 0 Å². The highest BCUT2D eigenvalue weighted by molar-refractivity contribution is 7.95. The van der Waals surface area contributed by atoms with Gasteiger partial charge in [0.05, 0.1) is 13.2 Å². The van der Waals surface area contributed by atoms with E-state index in [1.807, 2.05) is 18.2 Å². The van der Waals surface area contributed by atoms with Crippen LogP contribution in [-0.2, 0) is 14.3 Å². The van der Waals surface area contributed by atoms with Crippen molar-refractivity contribution in [2.75, 3.05) is 39.4 Å². The number of ether oxygens (including phenoxy) is 1. The molecule has 0 atom stereocenters. The molecule has 98 valence electrons. The van der Waals surface area contributed by atoms with Crippen molar-refractivity contribution >= 4 is 23.9 Å². The molecular weight excluding hydrogens is 242 g/mol. The number of morpholine rings is 1. The molecule has 6 nitrogen and oxygen atoms in total. The Morgan fingerprint density at radius 3 is 2.41 bits per heavy atom. The lowest BCUT2D eigenvalue weighted by Gasteiger charge is -2.25. The molecule has 0 aliphatic carbocycles. The topological polar surface area (TPSA) is 61.9 Å². The first-order valence-electron chi connectivity index (χ1n) is 5.78. The average Bonchev–Trinajstić information content (AvgIpc) is 2.38. The molecule has 1 saturated heterocycles. The van der Waals surface area contributed by atoms with Crippen LogP contribution in [0.1, 0.15) is 13.8 Å². The monoisotopic (exact) mass is 261 g/mol. The van der Waals surface area contributed by atoms with Crippen LogP contribution in [0, 0.1) is 0 Å². The molecule has 2 amide bonds. The van der Waals surface area contributed by atoms with Gasteiger partial charge in [-0.25, -0.2) is 4.31 Å². The van der Waals surface area contributed by atoms with Gasteiger partial charge in [-0.1, -0.05) is 0 Å². The molecular formula is C10H19N3O3S. The van der Waals surface area contributed by atoms with Gasteiger partial charge in [0.1, 0.15) is 0 Å². The zero-order valence-corrected chi connectivity index (χ0v) is 11.1. The van der Waals surface area contributed by atoms with Gasteiger partial charge in [0.15, 0.2) is 0 Å². The Morgan fingerprint density at radius 1 is 1.29 bits per heavy atom. The molecule has 1 N–H and O–H groups in total. The maximum atomic E-state index is 11.6. The minimum Gasteiger partial charge on any atom is -0.379 e. The van der Waals surface area contributed by atoms with E-state index in [1.165, 1.54) is 17.0 Å². The number of rotatable bonds is 4. The molecule has 0 spiro atoms. The number of nitrogens with zero attached hydrogens (tertiary/aromatic N) is 2. The lowest BCUT2D eigenvalue weighted by Crippen LogP contribution is -2.42. The molecule has 1 fully saturated rings. The summed E-state index contributed by atoms with van der Waals surface area (Å²) in [6.45, 7) is 7.62. The van der Waals surface area contributed by atoms with Crippen LogP contribution in [0.2, 0.25) is 0 Å². The van der Waals surface area contributed by atoms with Crippen LogP contribution < -0.4 is 4.72 Å². The summed E-state index contributed by atoms with van der Waals surface area (Å²) < 4.78 is 9.71. The average molecular weight is 261 g/mol. The van der Waals surface area contributed by atoms with Gasteiger partial charge in [-0.05, 0) is 13.8 Å². The van der Waals surface area contributed by atoms with Crippen molar-refractivity contribution < 1.29 is 14.3 Å². The molecule has 0 radical (unpaired) electrons. The van der Waals surface area contributed by atoms with E-state index in [9.17, 15) is 9.59 Å². The number of carbonyl (C=O) groups is 2. The van der Waals surface area contributed by atoms with Gasteiger partial charge in [0.25, 0.3) is 0 Å². The second-order valence-electron chi connectivity index (χ2n) is 3.54. The lowest BCUT2D eigenvalue weighted by atomic mass is 10.4. The van der Waals surface area contributed by atoms with Gasteiger partial charge >= 0.3 is 11.8 Å². The number of carbonyl (C=O) groups excluding carboxylic acids is 2. The highest BCUT2D eigenvalue weighted by atomic mass is 32.2. The van der Waals surface area contributed by atoms with Crippen LogP contribution in [0.25, 0.3) is 0 Å². The van der Waals surface area contributed by atoms with E-state index in [0.29, 0.717) is 26.3 Å². The van der Waals surface area contributed by atoms with Crippen LogP contribution in [0.5, 0.6) is 0 Å². The number of hydrogen-bond donors (Lipinski definition) is 1. The van der Waals surface area contributed by atoms with E-state index < -0.39 is 11.8 Å². The fourth-order valence-electron chi connectivity index (χ4n) is 1.44. The number of likely N-dealkylation sites (N-methyl/N-ethyl adjacent to an activating group) is 1. The van der Waals surface area contributed by atoms with Crippen molar-refractivity contribution in [1.29, 1.82) is 0 Å². The Bertz CT molecular complexity index is 266. The molecule has 7 heteroatoms. The van der Waals surface area contributed by atoms with Crippen molar-refractivity contribution in [2.24, 2.45) is 0 Å². The van der Waals surface area contributed by atoms with E-state index >= 15 is 0 Å².